The molecule has 1 fully saturated rings. The summed E-state index contributed by atoms with van der Waals surface area (Å²) >= 11 is 0. The van der Waals surface area contributed by atoms with Crippen LogP contribution in [-0.2, 0) is 14.8 Å². The highest BCUT2D eigenvalue weighted by molar-refractivity contribution is 7.89. The summed E-state index contributed by atoms with van der Waals surface area (Å²) in [6.07, 6.45) is 3.47. The van der Waals surface area contributed by atoms with Gasteiger partial charge in [0.25, 0.3) is 5.91 Å². The number of nitrogens with one attached hydrogen (secondary N) is 1. The maximum absolute atomic E-state index is 12.9. The second kappa shape index (κ2) is 9.32. The highest BCUT2D eigenvalue weighted by atomic mass is 32.2. The smallest absolute Gasteiger partial charge is 0.253 e. The number of carbonyl (C=O) groups is 2. The average Bonchev–Trinajstić information content (AvgIpc) is 2.67. The summed E-state index contributed by atoms with van der Waals surface area (Å²) in [5.41, 5.74) is 0.324. The minimum absolute atomic E-state index is 0.00936. The van der Waals surface area contributed by atoms with E-state index in [9.17, 15) is 18.0 Å². The van der Waals surface area contributed by atoms with E-state index in [1.807, 2.05) is 0 Å². The Morgan fingerprint density at radius 3 is 2.70 bits per heavy atom. The SMILES string of the molecule is CCCCNC(=O)C1CCCN(C(=O)c2cccc(S(=O)(=O)N(C)C)c2)C1. The molecule has 0 aromatic heterocycles. The molecule has 7 nitrogen and oxygen atoms in total. The molecule has 1 N–H and O–H groups in total. The van der Waals surface area contributed by atoms with Gasteiger partial charge in [-0.15, -0.1) is 0 Å². The predicted molar refractivity (Wildman–Crippen MR) is 104 cm³/mol. The minimum atomic E-state index is -3.60. The Labute approximate surface area is 161 Å². The van der Waals surface area contributed by atoms with Crippen LogP contribution < -0.4 is 5.32 Å². The van der Waals surface area contributed by atoms with Gasteiger partial charge in [0.15, 0.2) is 0 Å². The van der Waals surface area contributed by atoms with Crippen LogP contribution in [0.2, 0.25) is 0 Å². The molecule has 1 heterocycles. The number of sulfonamides is 1. The Balaban J connectivity index is 2.10. The molecule has 1 saturated heterocycles. The van der Waals surface area contributed by atoms with Crippen LogP contribution in [0.1, 0.15) is 43.0 Å². The maximum atomic E-state index is 12.9. The van der Waals surface area contributed by atoms with E-state index in [-0.39, 0.29) is 22.6 Å². The Kier molecular flexibility index (Phi) is 7.38. The Bertz CT molecular complexity index is 777. The lowest BCUT2D eigenvalue weighted by atomic mass is 9.96. The zero-order chi connectivity index (χ0) is 20.0. The predicted octanol–water partition coefficient (Wildman–Crippen LogP) is 1.71. The number of unbranched alkanes of at least 4 members (excludes halogenated alkanes) is 1. The normalized spacial score (nSPS) is 17.8. The maximum Gasteiger partial charge on any atom is 0.253 e. The van der Waals surface area contributed by atoms with Crippen molar-refractivity contribution in [2.24, 2.45) is 5.92 Å². The van der Waals surface area contributed by atoms with E-state index >= 15 is 0 Å². The van der Waals surface area contributed by atoms with Gasteiger partial charge >= 0.3 is 0 Å². The summed E-state index contributed by atoms with van der Waals surface area (Å²) in [5, 5.41) is 2.93. The van der Waals surface area contributed by atoms with Crippen molar-refractivity contribution >= 4 is 21.8 Å². The molecule has 0 saturated carbocycles. The molecule has 0 spiro atoms. The molecule has 8 heteroatoms. The van der Waals surface area contributed by atoms with Crippen LogP contribution in [0.4, 0.5) is 0 Å². The van der Waals surface area contributed by atoms with Crippen molar-refractivity contribution in [3.63, 3.8) is 0 Å². The van der Waals surface area contributed by atoms with Gasteiger partial charge < -0.3 is 10.2 Å². The number of nitrogens with zero attached hydrogens (tertiary/aromatic N) is 2. The molecule has 0 bridgehead atoms. The van der Waals surface area contributed by atoms with Crippen molar-refractivity contribution in [3.8, 4) is 0 Å². The highest BCUT2D eigenvalue weighted by Crippen LogP contribution is 2.21. The number of hydrogen-bond acceptors (Lipinski definition) is 4. The van der Waals surface area contributed by atoms with E-state index < -0.39 is 10.0 Å². The number of amides is 2. The molecule has 0 radical (unpaired) electrons. The minimum Gasteiger partial charge on any atom is -0.356 e. The first kappa shape index (κ1) is 21.4. The number of hydrogen-bond donors (Lipinski definition) is 1. The first-order chi connectivity index (χ1) is 12.8. The standard InChI is InChI=1S/C19H29N3O4S/c1-4-5-11-20-18(23)16-9-7-12-22(14-16)19(24)15-8-6-10-17(13-15)27(25,26)21(2)3/h6,8,10,13,16H,4-5,7,9,11-12,14H2,1-3H3,(H,20,23). The number of rotatable bonds is 7. The third-order valence-corrected chi connectivity index (χ3v) is 6.58. The van der Waals surface area contributed by atoms with Crippen LogP contribution in [0.15, 0.2) is 29.2 Å². The summed E-state index contributed by atoms with van der Waals surface area (Å²) in [6, 6.07) is 6.07. The second-order valence-electron chi connectivity index (χ2n) is 7.05. The van der Waals surface area contributed by atoms with E-state index in [1.165, 1.54) is 26.2 Å². The van der Waals surface area contributed by atoms with Crippen LogP contribution in [-0.4, -0.2) is 63.2 Å². The van der Waals surface area contributed by atoms with Crippen molar-refractivity contribution in [2.45, 2.75) is 37.5 Å². The van der Waals surface area contributed by atoms with Gasteiger partial charge in [-0.1, -0.05) is 19.4 Å². The molecule has 1 aliphatic rings. The van der Waals surface area contributed by atoms with Crippen LogP contribution in [0.3, 0.4) is 0 Å². The lowest BCUT2D eigenvalue weighted by Gasteiger charge is -2.32. The lowest BCUT2D eigenvalue weighted by Crippen LogP contribution is -2.45. The van der Waals surface area contributed by atoms with Crippen molar-refractivity contribution in [1.82, 2.24) is 14.5 Å². The molecule has 1 atom stereocenters. The van der Waals surface area contributed by atoms with Crippen LogP contribution in [0.5, 0.6) is 0 Å². The molecular weight excluding hydrogens is 366 g/mol. The molecule has 1 aliphatic heterocycles. The van der Waals surface area contributed by atoms with Crippen LogP contribution >= 0.6 is 0 Å². The molecule has 1 unspecified atom stereocenters. The van der Waals surface area contributed by atoms with E-state index in [0.717, 1.165) is 30.0 Å². The topological polar surface area (TPSA) is 86.8 Å². The first-order valence-corrected chi connectivity index (χ1v) is 10.8. The van der Waals surface area contributed by atoms with Gasteiger partial charge in [-0.25, -0.2) is 12.7 Å². The molecule has 1 aromatic rings. The zero-order valence-electron chi connectivity index (χ0n) is 16.3. The van der Waals surface area contributed by atoms with Crippen molar-refractivity contribution < 1.29 is 18.0 Å². The molecule has 2 rings (SSSR count). The van der Waals surface area contributed by atoms with E-state index in [4.69, 9.17) is 0 Å². The Morgan fingerprint density at radius 2 is 2.04 bits per heavy atom. The zero-order valence-corrected chi connectivity index (χ0v) is 17.1. The van der Waals surface area contributed by atoms with Gasteiger partial charge in [-0.3, -0.25) is 9.59 Å². The van der Waals surface area contributed by atoms with E-state index in [0.29, 0.717) is 25.2 Å². The molecule has 150 valence electrons. The van der Waals surface area contributed by atoms with Crippen molar-refractivity contribution in [2.75, 3.05) is 33.7 Å². The summed E-state index contributed by atoms with van der Waals surface area (Å²) < 4.78 is 25.7. The van der Waals surface area contributed by atoms with Gasteiger partial charge in [0, 0.05) is 39.3 Å². The Hall–Kier alpha value is -1.93. The highest BCUT2D eigenvalue weighted by Gasteiger charge is 2.29. The fourth-order valence-corrected chi connectivity index (χ4v) is 4.04. The molecule has 2 amide bonds. The van der Waals surface area contributed by atoms with Gasteiger partial charge in [0.1, 0.15) is 0 Å². The fraction of sp³-hybridized carbons (Fsp3) is 0.579. The van der Waals surface area contributed by atoms with Gasteiger partial charge in [0.2, 0.25) is 15.9 Å². The monoisotopic (exact) mass is 395 g/mol. The second-order valence-corrected chi connectivity index (χ2v) is 9.20. The largest absolute Gasteiger partial charge is 0.356 e. The summed E-state index contributed by atoms with van der Waals surface area (Å²) in [7, 11) is -0.693. The number of piperidine rings is 1. The Morgan fingerprint density at radius 1 is 1.30 bits per heavy atom. The number of likely N-dealkylation sites (tertiary alicyclic amines) is 1. The first-order valence-electron chi connectivity index (χ1n) is 9.37. The van der Waals surface area contributed by atoms with Crippen LogP contribution in [0.25, 0.3) is 0 Å². The third-order valence-electron chi connectivity index (χ3n) is 4.77. The lowest BCUT2D eigenvalue weighted by molar-refractivity contribution is -0.126. The molecule has 27 heavy (non-hydrogen) atoms. The van der Waals surface area contributed by atoms with E-state index in [1.54, 1.807) is 17.0 Å². The molecular formula is C19H29N3O4S. The fourth-order valence-electron chi connectivity index (χ4n) is 3.09. The number of carbonyl (C=O) groups excluding carboxylic acids is 2. The third kappa shape index (κ3) is 5.29. The molecule has 1 aromatic carbocycles. The van der Waals surface area contributed by atoms with Gasteiger partial charge in [-0.2, -0.15) is 0 Å². The molecule has 0 aliphatic carbocycles. The van der Waals surface area contributed by atoms with Crippen molar-refractivity contribution in [3.05, 3.63) is 29.8 Å². The quantitative estimate of drug-likeness (QED) is 0.712. The van der Waals surface area contributed by atoms with Crippen LogP contribution in [0, 0.1) is 5.92 Å². The van der Waals surface area contributed by atoms with E-state index in [2.05, 4.69) is 12.2 Å². The van der Waals surface area contributed by atoms with Gasteiger partial charge in [-0.05, 0) is 37.5 Å². The summed E-state index contributed by atoms with van der Waals surface area (Å²) in [4.78, 5) is 26.9. The van der Waals surface area contributed by atoms with Crippen molar-refractivity contribution in [1.29, 1.82) is 0 Å². The average molecular weight is 396 g/mol. The summed E-state index contributed by atoms with van der Waals surface area (Å²) in [5.74, 6) is -0.463. The summed E-state index contributed by atoms with van der Waals surface area (Å²) in [6.45, 7) is 3.66. The number of benzene rings is 1. The van der Waals surface area contributed by atoms with Gasteiger partial charge in [0.05, 0.1) is 10.8 Å².